The van der Waals surface area contributed by atoms with Gasteiger partial charge in [0.25, 0.3) is 0 Å². The standard InChI is InChI=1S/C18H23N5O2S/c1-14-5-3-4-6-16(14)26(24,25)22-11-9-21(10-12-22)17-18-20-13-15(2)23(18)8-7-19-17/h3-8,15H,9-13H2,1-2H3/t15-/m0/s1. The van der Waals surface area contributed by atoms with E-state index in [9.17, 15) is 8.42 Å². The van der Waals surface area contributed by atoms with Gasteiger partial charge in [-0.2, -0.15) is 4.31 Å². The molecule has 0 aromatic heterocycles. The maximum Gasteiger partial charge on any atom is 0.243 e. The lowest BCUT2D eigenvalue weighted by molar-refractivity contribution is 0.266. The molecule has 4 rings (SSSR count). The predicted molar refractivity (Wildman–Crippen MR) is 102 cm³/mol. The molecule has 138 valence electrons. The van der Waals surface area contributed by atoms with Crippen molar-refractivity contribution >= 4 is 21.7 Å². The molecule has 26 heavy (non-hydrogen) atoms. The molecule has 0 N–H and O–H groups in total. The van der Waals surface area contributed by atoms with Crippen LogP contribution in [0.3, 0.4) is 0 Å². The molecule has 0 bridgehead atoms. The Morgan fingerprint density at radius 3 is 2.54 bits per heavy atom. The van der Waals surface area contributed by atoms with E-state index in [-0.39, 0.29) is 0 Å². The van der Waals surface area contributed by atoms with E-state index in [1.165, 1.54) is 0 Å². The number of sulfonamides is 1. The highest BCUT2D eigenvalue weighted by Gasteiger charge is 2.35. The molecule has 0 amide bonds. The molecule has 0 spiro atoms. The third-order valence-electron chi connectivity index (χ3n) is 5.10. The average molecular weight is 373 g/mol. The van der Waals surface area contributed by atoms with Crippen molar-refractivity contribution in [1.29, 1.82) is 0 Å². The van der Waals surface area contributed by atoms with Gasteiger partial charge in [0, 0.05) is 38.6 Å². The minimum Gasteiger partial charge on any atom is -0.351 e. The topological polar surface area (TPSA) is 68.6 Å². The summed E-state index contributed by atoms with van der Waals surface area (Å²) in [7, 11) is -3.46. The molecule has 0 unspecified atom stereocenters. The smallest absolute Gasteiger partial charge is 0.243 e. The predicted octanol–water partition coefficient (Wildman–Crippen LogP) is 1.29. The lowest BCUT2D eigenvalue weighted by atomic mass is 10.2. The van der Waals surface area contributed by atoms with E-state index in [1.807, 2.05) is 25.3 Å². The zero-order valence-corrected chi connectivity index (χ0v) is 15.9. The fourth-order valence-corrected chi connectivity index (χ4v) is 5.23. The third-order valence-corrected chi connectivity index (χ3v) is 7.16. The summed E-state index contributed by atoms with van der Waals surface area (Å²) < 4.78 is 27.5. The number of amidine groups is 2. The summed E-state index contributed by atoms with van der Waals surface area (Å²) in [5, 5.41) is 0. The molecule has 1 aromatic rings. The van der Waals surface area contributed by atoms with E-state index in [1.54, 1.807) is 22.6 Å². The van der Waals surface area contributed by atoms with Crippen LogP contribution < -0.4 is 0 Å². The maximum atomic E-state index is 13.0. The number of hydrogen-bond donors (Lipinski definition) is 0. The third kappa shape index (κ3) is 2.83. The van der Waals surface area contributed by atoms with Crippen molar-refractivity contribution in [3.05, 3.63) is 42.2 Å². The van der Waals surface area contributed by atoms with Crippen LogP contribution in [0.15, 0.2) is 51.5 Å². The number of aliphatic imine (C=N–C) groups is 2. The maximum absolute atomic E-state index is 13.0. The minimum absolute atomic E-state index is 0.342. The molecular formula is C18H23N5O2S. The van der Waals surface area contributed by atoms with Gasteiger partial charge >= 0.3 is 0 Å². The molecule has 7 nitrogen and oxygen atoms in total. The summed E-state index contributed by atoms with van der Waals surface area (Å²) in [4.78, 5) is 13.8. The number of aryl methyl sites for hydroxylation is 1. The molecule has 0 saturated carbocycles. The summed E-state index contributed by atoms with van der Waals surface area (Å²) >= 11 is 0. The summed E-state index contributed by atoms with van der Waals surface area (Å²) in [5.41, 5.74) is 0.779. The molecule has 3 aliphatic heterocycles. The normalized spacial score (nSPS) is 23.7. The first-order chi connectivity index (χ1) is 12.5. The van der Waals surface area contributed by atoms with Crippen molar-refractivity contribution in [2.24, 2.45) is 9.98 Å². The number of rotatable bonds is 2. The van der Waals surface area contributed by atoms with Crippen LogP contribution >= 0.6 is 0 Å². The Morgan fingerprint density at radius 1 is 1.08 bits per heavy atom. The van der Waals surface area contributed by atoms with Crippen molar-refractivity contribution in [3.8, 4) is 0 Å². The first-order valence-electron chi connectivity index (χ1n) is 8.87. The van der Waals surface area contributed by atoms with E-state index in [0.29, 0.717) is 37.1 Å². The van der Waals surface area contributed by atoms with Crippen molar-refractivity contribution in [3.63, 3.8) is 0 Å². The van der Waals surface area contributed by atoms with Crippen LogP contribution in [0.25, 0.3) is 0 Å². The van der Waals surface area contributed by atoms with Gasteiger partial charge in [-0.15, -0.1) is 0 Å². The van der Waals surface area contributed by atoms with E-state index in [0.717, 1.165) is 23.8 Å². The monoisotopic (exact) mass is 373 g/mol. The van der Waals surface area contributed by atoms with Gasteiger partial charge in [-0.3, -0.25) is 4.99 Å². The Balaban J connectivity index is 1.49. The van der Waals surface area contributed by atoms with Crippen molar-refractivity contribution < 1.29 is 8.42 Å². The SMILES string of the molecule is Cc1ccccc1S(=O)(=O)N1CCN(C2=NC=CN3C2=NC[C@@H]3C)CC1. The quantitative estimate of drug-likeness (QED) is 0.783. The number of nitrogens with zero attached hydrogens (tertiary/aromatic N) is 5. The number of piperazine rings is 1. The molecule has 1 aromatic carbocycles. The Bertz CT molecular complexity index is 898. The van der Waals surface area contributed by atoms with Crippen LogP contribution in [0.2, 0.25) is 0 Å². The second kappa shape index (κ2) is 6.51. The van der Waals surface area contributed by atoms with Crippen LogP contribution in [0.1, 0.15) is 12.5 Å². The summed E-state index contributed by atoms with van der Waals surface area (Å²) in [6.07, 6.45) is 3.76. The lowest BCUT2D eigenvalue weighted by Gasteiger charge is -2.37. The molecule has 0 aliphatic carbocycles. The summed E-state index contributed by atoms with van der Waals surface area (Å²) in [6, 6.07) is 7.48. The van der Waals surface area contributed by atoms with Crippen molar-refractivity contribution in [1.82, 2.24) is 14.1 Å². The average Bonchev–Trinajstić information content (AvgIpc) is 3.03. The molecule has 1 atom stereocenters. The molecule has 1 fully saturated rings. The first kappa shape index (κ1) is 17.2. The minimum atomic E-state index is -3.46. The molecule has 3 aliphatic rings. The molecule has 1 saturated heterocycles. The second-order valence-electron chi connectivity index (χ2n) is 6.83. The highest BCUT2D eigenvalue weighted by Crippen LogP contribution is 2.22. The fraction of sp³-hybridized carbons (Fsp3) is 0.444. The number of benzene rings is 1. The van der Waals surface area contributed by atoms with E-state index >= 15 is 0 Å². The van der Waals surface area contributed by atoms with Gasteiger partial charge in [-0.05, 0) is 25.5 Å². The largest absolute Gasteiger partial charge is 0.351 e. The van der Waals surface area contributed by atoms with Gasteiger partial charge in [0.2, 0.25) is 10.0 Å². The highest BCUT2D eigenvalue weighted by molar-refractivity contribution is 7.89. The second-order valence-corrected chi connectivity index (χ2v) is 8.73. The number of fused-ring (bicyclic) bond motifs is 1. The van der Waals surface area contributed by atoms with Gasteiger partial charge < -0.3 is 9.80 Å². The van der Waals surface area contributed by atoms with E-state index in [2.05, 4.69) is 26.7 Å². The van der Waals surface area contributed by atoms with Crippen LogP contribution in [-0.2, 0) is 10.0 Å². The van der Waals surface area contributed by atoms with Crippen LogP contribution in [0.4, 0.5) is 0 Å². The lowest BCUT2D eigenvalue weighted by Crippen LogP contribution is -2.54. The summed E-state index contributed by atoms with van der Waals surface area (Å²) in [6.45, 7) is 6.85. The van der Waals surface area contributed by atoms with Gasteiger partial charge in [0.05, 0.1) is 17.5 Å². The van der Waals surface area contributed by atoms with Gasteiger partial charge in [0.15, 0.2) is 11.7 Å². The van der Waals surface area contributed by atoms with Crippen molar-refractivity contribution in [2.45, 2.75) is 24.8 Å². The van der Waals surface area contributed by atoms with Gasteiger partial charge in [-0.25, -0.2) is 13.4 Å². The zero-order valence-electron chi connectivity index (χ0n) is 15.0. The summed E-state index contributed by atoms with van der Waals surface area (Å²) in [5.74, 6) is 1.75. The Hall–Kier alpha value is -2.19. The fourth-order valence-electron chi connectivity index (χ4n) is 3.58. The Kier molecular flexibility index (Phi) is 4.32. The molecule has 0 radical (unpaired) electrons. The van der Waals surface area contributed by atoms with E-state index < -0.39 is 10.0 Å². The van der Waals surface area contributed by atoms with E-state index in [4.69, 9.17) is 0 Å². The Morgan fingerprint density at radius 2 is 1.81 bits per heavy atom. The first-order valence-corrected chi connectivity index (χ1v) is 10.3. The zero-order chi connectivity index (χ0) is 18.3. The Labute approximate surface area is 154 Å². The van der Waals surface area contributed by atoms with Crippen LogP contribution in [0, 0.1) is 6.92 Å². The molecular weight excluding hydrogens is 350 g/mol. The van der Waals surface area contributed by atoms with Crippen molar-refractivity contribution in [2.75, 3.05) is 32.7 Å². The number of hydrogen-bond acceptors (Lipinski definition) is 6. The highest BCUT2D eigenvalue weighted by atomic mass is 32.2. The van der Waals surface area contributed by atoms with Crippen LogP contribution in [-0.4, -0.2) is 73.0 Å². The molecule has 3 heterocycles. The molecule has 8 heteroatoms. The van der Waals surface area contributed by atoms with Gasteiger partial charge in [-0.1, -0.05) is 18.2 Å². The van der Waals surface area contributed by atoms with Crippen LogP contribution in [0.5, 0.6) is 0 Å². The van der Waals surface area contributed by atoms with Gasteiger partial charge in [0.1, 0.15) is 0 Å².